The van der Waals surface area contributed by atoms with Crippen LogP contribution in [0.1, 0.15) is 33.6 Å². The van der Waals surface area contributed by atoms with Gasteiger partial charge >= 0.3 is 0 Å². The van der Waals surface area contributed by atoms with E-state index in [1.54, 1.807) is 25.9 Å². The molecule has 0 radical (unpaired) electrons. The molecule has 1 aliphatic rings. The van der Waals surface area contributed by atoms with Crippen LogP contribution < -0.4 is 5.32 Å². The highest BCUT2D eigenvalue weighted by atomic mass is 16.5. The summed E-state index contributed by atoms with van der Waals surface area (Å²) in [6, 6.07) is -0.462. The number of carbonyl (C=O) groups is 2. The Kier molecular flexibility index (Phi) is 6.42. The number of nitrogens with zero attached hydrogens (tertiary/aromatic N) is 1. The number of hydrogen-bond donors (Lipinski definition) is 1. The van der Waals surface area contributed by atoms with Crippen molar-refractivity contribution in [2.24, 2.45) is 0 Å². The summed E-state index contributed by atoms with van der Waals surface area (Å²) >= 11 is 0. The van der Waals surface area contributed by atoms with Gasteiger partial charge in [-0.1, -0.05) is 6.92 Å². The first kappa shape index (κ1) is 16.9. The van der Waals surface area contributed by atoms with E-state index in [2.05, 4.69) is 5.32 Å². The van der Waals surface area contributed by atoms with Crippen LogP contribution in [-0.4, -0.2) is 61.8 Å². The van der Waals surface area contributed by atoms with Crippen molar-refractivity contribution in [2.45, 2.75) is 45.2 Å². The molecule has 0 aromatic heterocycles. The molecule has 1 rings (SSSR count). The zero-order valence-corrected chi connectivity index (χ0v) is 12.9. The van der Waals surface area contributed by atoms with Gasteiger partial charge in [0.15, 0.2) is 0 Å². The minimum atomic E-state index is -0.778. The maximum absolute atomic E-state index is 12.2. The lowest BCUT2D eigenvalue weighted by molar-refractivity contribution is -0.157. The Morgan fingerprint density at radius 2 is 2.00 bits per heavy atom. The standard InChI is InChI=1S/C14H26N2O4/c1-5-14(3)13(18)15-11(2)12(17)16(14)7-10-20-9-6-8-19-4/h11H,5-10H2,1-4H3,(H,15,18). The van der Waals surface area contributed by atoms with E-state index in [0.29, 0.717) is 32.8 Å². The van der Waals surface area contributed by atoms with E-state index in [1.807, 2.05) is 6.92 Å². The van der Waals surface area contributed by atoms with Gasteiger partial charge in [0.25, 0.3) is 0 Å². The third-order valence-electron chi connectivity index (χ3n) is 3.85. The maximum atomic E-state index is 12.2. The summed E-state index contributed by atoms with van der Waals surface area (Å²) in [7, 11) is 1.65. The van der Waals surface area contributed by atoms with Gasteiger partial charge < -0.3 is 19.7 Å². The van der Waals surface area contributed by atoms with E-state index in [9.17, 15) is 9.59 Å². The van der Waals surface area contributed by atoms with Gasteiger partial charge in [-0.3, -0.25) is 9.59 Å². The normalized spacial score (nSPS) is 26.8. The van der Waals surface area contributed by atoms with Crippen LogP contribution in [0.3, 0.4) is 0 Å². The molecule has 6 heteroatoms. The predicted octanol–water partition coefficient (Wildman–Crippen LogP) is 0.555. The molecule has 2 unspecified atom stereocenters. The Morgan fingerprint density at radius 1 is 1.30 bits per heavy atom. The van der Waals surface area contributed by atoms with E-state index in [-0.39, 0.29) is 11.8 Å². The minimum Gasteiger partial charge on any atom is -0.385 e. The largest absolute Gasteiger partial charge is 0.385 e. The van der Waals surface area contributed by atoms with Crippen molar-refractivity contribution in [3.8, 4) is 0 Å². The molecule has 1 heterocycles. The Morgan fingerprint density at radius 3 is 2.60 bits per heavy atom. The fraction of sp³-hybridized carbons (Fsp3) is 0.857. The fourth-order valence-electron chi connectivity index (χ4n) is 2.28. The topological polar surface area (TPSA) is 67.9 Å². The van der Waals surface area contributed by atoms with E-state index in [1.165, 1.54) is 0 Å². The van der Waals surface area contributed by atoms with Crippen LogP contribution >= 0.6 is 0 Å². The van der Waals surface area contributed by atoms with Crippen LogP contribution in [0.25, 0.3) is 0 Å². The Balaban J connectivity index is 2.54. The summed E-state index contributed by atoms with van der Waals surface area (Å²) in [4.78, 5) is 26.0. The third-order valence-corrected chi connectivity index (χ3v) is 3.85. The smallest absolute Gasteiger partial charge is 0.246 e. The van der Waals surface area contributed by atoms with Gasteiger partial charge in [0.1, 0.15) is 11.6 Å². The van der Waals surface area contributed by atoms with Crippen molar-refractivity contribution in [2.75, 3.05) is 33.5 Å². The lowest BCUT2D eigenvalue weighted by Gasteiger charge is -2.45. The van der Waals surface area contributed by atoms with Crippen molar-refractivity contribution < 1.29 is 19.1 Å². The highest BCUT2D eigenvalue weighted by molar-refractivity contribution is 5.99. The number of ether oxygens (including phenoxy) is 2. The molecule has 0 spiro atoms. The molecule has 0 aliphatic carbocycles. The summed E-state index contributed by atoms with van der Waals surface area (Å²) in [5.41, 5.74) is -0.778. The molecule has 0 bridgehead atoms. The number of carbonyl (C=O) groups excluding carboxylic acids is 2. The molecule has 0 aromatic rings. The molecule has 2 atom stereocenters. The van der Waals surface area contributed by atoms with Crippen LogP contribution in [0.2, 0.25) is 0 Å². The summed E-state index contributed by atoms with van der Waals surface area (Å²) in [6.07, 6.45) is 1.41. The first-order chi connectivity index (χ1) is 9.47. The van der Waals surface area contributed by atoms with Gasteiger partial charge in [-0.25, -0.2) is 0 Å². The molecule has 1 aliphatic heterocycles. The van der Waals surface area contributed by atoms with Gasteiger partial charge in [-0.2, -0.15) is 0 Å². The van der Waals surface area contributed by atoms with Gasteiger partial charge in [0.05, 0.1) is 6.61 Å². The lowest BCUT2D eigenvalue weighted by Crippen LogP contribution is -2.69. The summed E-state index contributed by atoms with van der Waals surface area (Å²) < 4.78 is 10.4. The highest BCUT2D eigenvalue weighted by Crippen LogP contribution is 2.24. The van der Waals surface area contributed by atoms with Crippen LogP contribution in [0.5, 0.6) is 0 Å². The number of rotatable bonds is 8. The second-order valence-electron chi connectivity index (χ2n) is 5.27. The second kappa shape index (κ2) is 7.59. The van der Waals surface area contributed by atoms with Gasteiger partial charge in [-0.15, -0.1) is 0 Å². The summed E-state index contributed by atoms with van der Waals surface area (Å²) in [5.74, 6) is -0.138. The maximum Gasteiger partial charge on any atom is 0.246 e. The van der Waals surface area contributed by atoms with Crippen molar-refractivity contribution in [1.29, 1.82) is 0 Å². The lowest BCUT2D eigenvalue weighted by atomic mass is 9.91. The monoisotopic (exact) mass is 286 g/mol. The number of methoxy groups -OCH3 is 1. The molecule has 20 heavy (non-hydrogen) atoms. The molecule has 1 N–H and O–H groups in total. The highest BCUT2D eigenvalue weighted by Gasteiger charge is 2.46. The van der Waals surface area contributed by atoms with Crippen LogP contribution in [-0.2, 0) is 19.1 Å². The number of piperazine rings is 1. The predicted molar refractivity (Wildman–Crippen MR) is 75.3 cm³/mol. The van der Waals surface area contributed by atoms with E-state index in [4.69, 9.17) is 9.47 Å². The molecule has 116 valence electrons. The molecule has 0 aromatic carbocycles. The van der Waals surface area contributed by atoms with Crippen molar-refractivity contribution >= 4 is 11.8 Å². The van der Waals surface area contributed by atoms with E-state index in [0.717, 1.165) is 6.42 Å². The van der Waals surface area contributed by atoms with Crippen LogP contribution in [0.4, 0.5) is 0 Å². The SMILES string of the molecule is CCC1(C)C(=O)NC(C)C(=O)N1CCOCCCOC. The zero-order chi connectivity index (χ0) is 15.2. The van der Waals surface area contributed by atoms with Crippen molar-refractivity contribution in [3.63, 3.8) is 0 Å². The molecule has 1 saturated heterocycles. The molecule has 1 fully saturated rings. The number of amides is 2. The number of nitrogens with one attached hydrogen (secondary N) is 1. The second-order valence-corrected chi connectivity index (χ2v) is 5.27. The Labute approximate surface area is 120 Å². The van der Waals surface area contributed by atoms with Gasteiger partial charge in [-0.05, 0) is 26.7 Å². The molecule has 6 nitrogen and oxygen atoms in total. The van der Waals surface area contributed by atoms with Crippen LogP contribution in [0.15, 0.2) is 0 Å². The number of hydrogen-bond acceptors (Lipinski definition) is 4. The average molecular weight is 286 g/mol. The van der Waals surface area contributed by atoms with Gasteiger partial charge in [0, 0.05) is 26.9 Å². The molecule has 0 saturated carbocycles. The van der Waals surface area contributed by atoms with Gasteiger partial charge in [0.2, 0.25) is 11.8 Å². The van der Waals surface area contributed by atoms with Crippen LogP contribution in [0, 0.1) is 0 Å². The zero-order valence-electron chi connectivity index (χ0n) is 12.9. The van der Waals surface area contributed by atoms with Crippen molar-refractivity contribution in [3.05, 3.63) is 0 Å². The molecular weight excluding hydrogens is 260 g/mol. The fourth-order valence-corrected chi connectivity index (χ4v) is 2.28. The quantitative estimate of drug-likeness (QED) is 0.662. The first-order valence-electron chi connectivity index (χ1n) is 7.16. The summed E-state index contributed by atoms with van der Waals surface area (Å²) in [6.45, 7) is 7.56. The van der Waals surface area contributed by atoms with E-state index >= 15 is 0 Å². The Hall–Kier alpha value is -1.14. The first-order valence-corrected chi connectivity index (χ1v) is 7.16. The Bertz CT molecular complexity index is 348. The van der Waals surface area contributed by atoms with E-state index < -0.39 is 11.6 Å². The third kappa shape index (κ3) is 3.70. The minimum absolute atomic E-state index is 0.0468. The van der Waals surface area contributed by atoms with Crippen molar-refractivity contribution in [1.82, 2.24) is 10.2 Å². The summed E-state index contributed by atoms with van der Waals surface area (Å²) in [5, 5.41) is 2.73. The average Bonchev–Trinajstić information content (AvgIpc) is 2.43. The molecule has 2 amide bonds. The molecular formula is C14H26N2O4.